The van der Waals surface area contributed by atoms with Crippen LogP contribution in [0.4, 0.5) is 0 Å². The molecule has 0 N–H and O–H groups in total. The summed E-state index contributed by atoms with van der Waals surface area (Å²) in [7, 11) is 1.41. The molecule has 1 aliphatic heterocycles. The maximum absolute atomic E-state index is 12.0. The van der Waals surface area contributed by atoms with Crippen LogP contribution in [-0.2, 0) is 23.8 Å². The second-order valence-corrected chi connectivity index (χ2v) is 6.28. The smallest absolute Gasteiger partial charge is 0.305 e. The fraction of sp³-hybridized carbons (Fsp3) is 0.778. The summed E-state index contributed by atoms with van der Waals surface area (Å²) in [5, 5.41) is 0. The lowest BCUT2D eigenvalue weighted by molar-refractivity contribution is -0.178. The number of Topliss-reactive ketones (excluding diaryl/α,β-unsaturated/α-hetero) is 1. The van der Waals surface area contributed by atoms with Crippen LogP contribution in [0.3, 0.4) is 0 Å². The van der Waals surface area contributed by atoms with Crippen molar-refractivity contribution in [1.29, 1.82) is 0 Å². The van der Waals surface area contributed by atoms with Gasteiger partial charge in [-0.25, -0.2) is 0 Å². The number of carbonyl (C=O) groups is 2. The predicted molar refractivity (Wildman–Crippen MR) is 85.9 cm³/mol. The Balaban J connectivity index is 1.61. The van der Waals surface area contributed by atoms with Crippen molar-refractivity contribution in [3.8, 4) is 0 Å². The lowest BCUT2D eigenvalue weighted by Gasteiger charge is -2.24. The summed E-state index contributed by atoms with van der Waals surface area (Å²) in [4.78, 5) is 23.0. The van der Waals surface area contributed by atoms with Gasteiger partial charge in [-0.3, -0.25) is 9.59 Å². The summed E-state index contributed by atoms with van der Waals surface area (Å²) in [6.07, 6.45) is 10.5. The number of allylic oxidation sites excluding steroid dienone is 1. The Labute approximate surface area is 138 Å². The molecule has 0 aromatic carbocycles. The van der Waals surface area contributed by atoms with Crippen molar-refractivity contribution in [1.82, 2.24) is 0 Å². The molecular formula is C18H28O5. The van der Waals surface area contributed by atoms with Gasteiger partial charge in [-0.2, -0.15) is 0 Å². The number of carbonyl (C=O) groups excluding carboxylic acids is 2. The first-order chi connectivity index (χ1) is 11.2. The van der Waals surface area contributed by atoms with E-state index in [2.05, 4.69) is 4.74 Å². The van der Waals surface area contributed by atoms with Gasteiger partial charge in [-0.1, -0.05) is 12.8 Å². The molecule has 0 aromatic rings. The van der Waals surface area contributed by atoms with E-state index in [1.807, 2.05) is 6.08 Å². The first kappa shape index (κ1) is 18.1. The fourth-order valence-electron chi connectivity index (χ4n) is 3.05. The van der Waals surface area contributed by atoms with E-state index in [0.717, 1.165) is 63.5 Å². The van der Waals surface area contributed by atoms with Crippen LogP contribution in [0.1, 0.15) is 64.2 Å². The van der Waals surface area contributed by atoms with Crippen molar-refractivity contribution in [3.05, 3.63) is 11.6 Å². The van der Waals surface area contributed by atoms with Gasteiger partial charge in [0.25, 0.3) is 0 Å². The molecule has 5 nitrogen and oxygen atoms in total. The predicted octanol–water partition coefficient (Wildman–Crippen LogP) is 3.31. The molecular weight excluding hydrogens is 296 g/mol. The summed E-state index contributed by atoms with van der Waals surface area (Å²) in [6, 6.07) is 0. The minimum atomic E-state index is -0.149. The maximum atomic E-state index is 12.0. The van der Waals surface area contributed by atoms with Gasteiger partial charge in [-0.15, -0.1) is 0 Å². The average Bonchev–Trinajstić information content (AvgIpc) is 2.91. The van der Waals surface area contributed by atoms with Gasteiger partial charge in [-0.05, 0) is 50.2 Å². The van der Waals surface area contributed by atoms with Crippen molar-refractivity contribution >= 4 is 11.8 Å². The Morgan fingerprint density at radius 3 is 2.83 bits per heavy atom. The third kappa shape index (κ3) is 6.43. The molecule has 2 aliphatic rings. The Bertz CT molecular complexity index is 423. The van der Waals surface area contributed by atoms with E-state index >= 15 is 0 Å². The van der Waals surface area contributed by atoms with Gasteiger partial charge in [0.15, 0.2) is 12.1 Å². The maximum Gasteiger partial charge on any atom is 0.305 e. The van der Waals surface area contributed by atoms with Gasteiger partial charge < -0.3 is 14.2 Å². The summed E-state index contributed by atoms with van der Waals surface area (Å²) < 4.78 is 16.0. The second-order valence-electron chi connectivity index (χ2n) is 6.28. The largest absolute Gasteiger partial charge is 0.469 e. The van der Waals surface area contributed by atoms with E-state index in [9.17, 15) is 9.59 Å². The Kier molecular flexibility index (Phi) is 7.76. The molecule has 0 amide bonds. The summed E-state index contributed by atoms with van der Waals surface area (Å²) in [6.45, 7) is 0.757. The number of hydrogen-bond acceptors (Lipinski definition) is 5. The van der Waals surface area contributed by atoms with E-state index in [4.69, 9.17) is 9.47 Å². The molecule has 0 radical (unpaired) electrons. The number of methoxy groups -OCH3 is 1. The highest BCUT2D eigenvalue weighted by Gasteiger charge is 2.27. The van der Waals surface area contributed by atoms with Gasteiger partial charge in [0.05, 0.1) is 13.2 Å². The van der Waals surface area contributed by atoms with Gasteiger partial charge in [0.2, 0.25) is 0 Å². The fourth-order valence-corrected chi connectivity index (χ4v) is 3.05. The van der Waals surface area contributed by atoms with Gasteiger partial charge in [0, 0.05) is 19.4 Å². The van der Waals surface area contributed by atoms with Crippen LogP contribution in [0, 0.1) is 0 Å². The van der Waals surface area contributed by atoms with E-state index in [1.165, 1.54) is 7.11 Å². The number of unbranched alkanes of at least 4 members (excludes halogenated alkanes) is 3. The molecule has 5 heteroatoms. The highest BCUT2D eigenvalue weighted by molar-refractivity contribution is 5.98. The molecule has 1 saturated heterocycles. The van der Waals surface area contributed by atoms with Gasteiger partial charge >= 0.3 is 5.97 Å². The zero-order valence-electron chi connectivity index (χ0n) is 14.1. The van der Waals surface area contributed by atoms with E-state index < -0.39 is 0 Å². The molecule has 1 aliphatic carbocycles. The molecule has 0 bridgehead atoms. The zero-order valence-corrected chi connectivity index (χ0v) is 14.1. The molecule has 1 fully saturated rings. The summed E-state index contributed by atoms with van der Waals surface area (Å²) in [5.74, 6) is 0.0592. The van der Waals surface area contributed by atoms with Crippen molar-refractivity contribution in [2.75, 3.05) is 13.7 Å². The molecule has 0 spiro atoms. The van der Waals surface area contributed by atoms with Crippen molar-refractivity contribution in [2.45, 2.75) is 76.6 Å². The summed E-state index contributed by atoms with van der Waals surface area (Å²) >= 11 is 0. The minimum Gasteiger partial charge on any atom is -0.469 e. The highest BCUT2D eigenvalue weighted by atomic mass is 16.7. The topological polar surface area (TPSA) is 61.8 Å². The molecule has 2 rings (SSSR count). The summed E-state index contributed by atoms with van der Waals surface area (Å²) in [5.41, 5.74) is 0.902. The lowest BCUT2D eigenvalue weighted by Crippen LogP contribution is -2.26. The number of esters is 1. The zero-order chi connectivity index (χ0) is 16.5. The highest BCUT2D eigenvalue weighted by Crippen LogP contribution is 2.25. The van der Waals surface area contributed by atoms with Gasteiger partial charge in [0.1, 0.15) is 0 Å². The van der Waals surface area contributed by atoms with Crippen LogP contribution in [0.5, 0.6) is 0 Å². The molecule has 0 saturated carbocycles. The lowest BCUT2D eigenvalue weighted by atomic mass is 10.0. The van der Waals surface area contributed by atoms with E-state index in [0.29, 0.717) is 12.8 Å². The molecule has 0 aromatic heterocycles. The van der Waals surface area contributed by atoms with Crippen LogP contribution < -0.4 is 0 Å². The SMILES string of the molecule is COC(=O)CCCCCCC1=C[C@@H](O[C@@H]2CCCCO2)CC1=O. The van der Waals surface area contributed by atoms with Crippen molar-refractivity contribution in [3.63, 3.8) is 0 Å². The van der Waals surface area contributed by atoms with E-state index in [-0.39, 0.29) is 24.1 Å². The Hall–Kier alpha value is -1.20. The Morgan fingerprint density at radius 1 is 1.26 bits per heavy atom. The minimum absolute atomic E-state index is 0.111. The first-order valence-electron chi connectivity index (χ1n) is 8.77. The number of ether oxygens (including phenoxy) is 3. The molecule has 130 valence electrons. The number of hydrogen-bond donors (Lipinski definition) is 0. The van der Waals surface area contributed by atoms with Crippen LogP contribution in [0.25, 0.3) is 0 Å². The van der Waals surface area contributed by atoms with E-state index in [1.54, 1.807) is 0 Å². The molecule has 2 atom stereocenters. The van der Waals surface area contributed by atoms with Crippen LogP contribution in [0.2, 0.25) is 0 Å². The second kappa shape index (κ2) is 9.83. The average molecular weight is 324 g/mol. The van der Waals surface area contributed by atoms with Crippen LogP contribution >= 0.6 is 0 Å². The monoisotopic (exact) mass is 324 g/mol. The molecule has 0 unspecified atom stereocenters. The standard InChI is InChI=1S/C18H28O5/c1-21-17(20)9-5-3-2-4-8-14-12-15(13-16(14)19)23-18-10-6-7-11-22-18/h12,15,18H,2-11,13H2,1H3/t15-,18-/m1/s1. The van der Waals surface area contributed by atoms with Crippen molar-refractivity contribution < 1.29 is 23.8 Å². The van der Waals surface area contributed by atoms with Crippen molar-refractivity contribution in [2.24, 2.45) is 0 Å². The Morgan fingerprint density at radius 2 is 2.09 bits per heavy atom. The first-order valence-corrected chi connectivity index (χ1v) is 8.77. The molecule has 23 heavy (non-hydrogen) atoms. The number of ketones is 1. The van der Waals surface area contributed by atoms with Crippen LogP contribution in [-0.4, -0.2) is 37.9 Å². The third-order valence-corrected chi connectivity index (χ3v) is 4.40. The molecule has 1 heterocycles. The normalized spacial score (nSPS) is 24.6. The van der Waals surface area contributed by atoms with Crippen LogP contribution in [0.15, 0.2) is 11.6 Å². The quantitative estimate of drug-likeness (QED) is 0.481. The number of rotatable bonds is 9. The third-order valence-electron chi connectivity index (χ3n) is 4.40.